The second-order valence-electron chi connectivity index (χ2n) is 9.38. The second kappa shape index (κ2) is 12.8. The van der Waals surface area contributed by atoms with Gasteiger partial charge in [0.05, 0.1) is 19.1 Å². The van der Waals surface area contributed by atoms with Gasteiger partial charge in [-0.2, -0.15) is 0 Å². The Kier molecular flexibility index (Phi) is 10.3. The van der Waals surface area contributed by atoms with E-state index in [2.05, 4.69) is 19.2 Å². The zero-order valence-electron chi connectivity index (χ0n) is 22.3. The molecule has 0 fully saturated rings. The fourth-order valence-corrected chi connectivity index (χ4v) is 4.46. The largest absolute Gasteiger partial charge is 0.497 e. The lowest BCUT2D eigenvalue weighted by atomic mass is 10.0. The molecule has 1 N–H and O–H groups in total. The van der Waals surface area contributed by atoms with Crippen LogP contribution in [-0.4, -0.2) is 57.1 Å². The molecule has 36 heavy (non-hydrogen) atoms. The van der Waals surface area contributed by atoms with Crippen LogP contribution in [0.3, 0.4) is 0 Å². The normalized spacial score (nSPS) is 13.1. The van der Waals surface area contributed by atoms with Crippen molar-refractivity contribution in [1.82, 2.24) is 10.2 Å². The Hall–Kier alpha value is -3.07. The smallest absolute Gasteiger partial charge is 0.244 e. The molecule has 0 saturated carbocycles. The van der Waals surface area contributed by atoms with E-state index < -0.39 is 28.5 Å². The molecule has 2 rings (SSSR count). The summed E-state index contributed by atoms with van der Waals surface area (Å²) in [4.78, 5) is 28.0. The highest BCUT2D eigenvalue weighted by Gasteiger charge is 2.30. The van der Waals surface area contributed by atoms with Gasteiger partial charge >= 0.3 is 0 Å². The first-order valence-corrected chi connectivity index (χ1v) is 14.0. The number of anilines is 1. The third kappa shape index (κ3) is 7.98. The second-order valence-corrected chi connectivity index (χ2v) is 11.3. The first-order valence-electron chi connectivity index (χ1n) is 12.2. The van der Waals surface area contributed by atoms with Crippen molar-refractivity contribution < 1.29 is 22.7 Å². The van der Waals surface area contributed by atoms with Crippen LogP contribution >= 0.6 is 0 Å². The average molecular weight is 518 g/mol. The molecule has 0 bridgehead atoms. The van der Waals surface area contributed by atoms with Gasteiger partial charge in [-0.05, 0) is 61.6 Å². The number of carbonyl (C=O) groups excluding carboxylic acids is 2. The summed E-state index contributed by atoms with van der Waals surface area (Å²) in [7, 11) is -2.19. The highest BCUT2D eigenvalue weighted by molar-refractivity contribution is 7.92. The van der Waals surface area contributed by atoms with E-state index in [0.29, 0.717) is 11.4 Å². The molecule has 2 aromatic carbocycles. The van der Waals surface area contributed by atoms with Crippen molar-refractivity contribution in [2.45, 2.75) is 65.6 Å². The van der Waals surface area contributed by atoms with E-state index in [1.54, 1.807) is 38.3 Å². The number of hydrogen-bond acceptors (Lipinski definition) is 5. The van der Waals surface area contributed by atoms with E-state index in [9.17, 15) is 18.0 Å². The summed E-state index contributed by atoms with van der Waals surface area (Å²) in [6.07, 6.45) is 1.82. The minimum absolute atomic E-state index is 0.0510. The van der Waals surface area contributed by atoms with Crippen LogP contribution < -0.4 is 14.4 Å². The van der Waals surface area contributed by atoms with Crippen LogP contribution in [0.15, 0.2) is 48.5 Å². The summed E-state index contributed by atoms with van der Waals surface area (Å²) in [5.74, 6) is 0.193. The molecule has 0 spiro atoms. The molecule has 9 heteroatoms. The summed E-state index contributed by atoms with van der Waals surface area (Å²) in [5.41, 5.74) is 2.26. The van der Waals surface area contributed by atoms with Crippen LogP contribution in [0.4, 0.5) is 5.69 Å². The maximum Gasteiger partial charge on any atom is 0.244 e. The lowest BCUT2D eigenvalue weighted by molar-refractivity contribution is -0.139. The summed E-state index contributed by atoms with van der Waals surface area (Å²) >= 11 is 0. The number of sulfonamides is 1. The fourth-order valence-electron chi connectivity index (χ4n) is 3.61. The predicted octanol–water partition coefficient (Wildman–Crippen LogP) is 3.92. The summed E-state index contributed by atoms with van der Waals surface area (Å²) in [5, 5.41) is 2.92. The number of amides is 2. The summed E-state index contributed by atoms with van der Waals surface area (Å²) < 4.78 is 31.7. The SMILES string of the molecule is CC[C@@H](C)NC(=O)[C@@H](C)N(Cc1ccc(OC)cc1)C(=O)CN(c1ccc(C(C)C)cc1)S(C)(=O)=O. The monoisotopic (exact) mass is 517 g/mol. The third-order valence-electron chi connectivity index (χ3n) is 6.21. The Morgan fingerprint density at radius 2 is 1.56 bits per heavy atom. The molecule has 0 heterocycles. The topological polar surface area (TPSA) is 96.0 Å². The Bertz CT molecular complexity index is 1120. The van der Waals surface area contributed by atoms with Crippen molar-refractivity contribution in [1.29, 1.82) is 0 Å². The maximum atomic E-state index is 13.6. The standard InChI is InChI=1S/C27H39N3O5S/c1-8-20(4)28-27(32)21(5)29(17-22-9-15-25(35-6)16-10-22)26(31)18-30(36(7,33)34)24-13-11-23(12-14-24)19(2)3/h9-16,19-21H,8,17-18H2,1-7H3,(H,28,32)/t20-,21-/m1/s1. The summed E-state index contributed by atoms with van der Waals surface area (Å²) in [6.45, 7) is 9.34. The molecule has 0 aliphatic carbocycles. The summed E-state index contributed by atoms with van der Waals surface area (Å²) in [6, 6.07) is 13.5. The van der Waals surface area contributed by atoms with E-state index in [1.165, 1.54) is 4.90 Å². The van der Waals surface area contributed by atoms with E-state index in [-0.39, 0.29) is 24.4 Å². The van der Waals surface area contributed by atoms with Crippen LogP contribution in [0.5, 0.6) is 5.75 Å². The van der Waals surface area contributed by atoms with Crippen molar-refractivity contribution in [3.05, 3.63) is 59.7 Å². The van der Waals surface area contributed by atoms with Crippen molar-refractivity contribution in [2.75, 3.05) is 24.2 Å². The number of rotatable bonds is 12. The van der Waals surface area contributed by atoms with Gasteiger partial charge in [-0.15, -0.1) is 0 Å². The lowest BCUT2D eigenvalue weighted by Gasteiger charge is -2.32. The molecule has 0 aromatic heterocycles. The van der Waals surface area contributed by atoms with Crippen molar-refractivity contribution >= 4 is 27.5 Å². The highest BCUT2D eigenvalue weighted by atomic mass is 32.2. The minimum atomic E-state index is -3.76. The molecule has 0 radical (unpaired) electrons. The molecule has 198 valence electrons. The molecule has 0 unspecified atom stereocenters. The van der Waals surface area contributed by atoms with Crippen LogP contribution in [0, 0.1) is 0 Å². The zero-order chi connectivity index (χ0) is 27.0. The van der Waals surface area contributed by atoms with Gasteiger partial charge < -0.3 is 15.0 Å². The quantitative estimate of drug-likeness (QED) is 0.460. The first kappa shape index (κ1) is 29.2. The van der Waals surface area contributed by atoms with E-state index in [1.807, 2.05) is 38.1 Å². The Morgan fingerprint density at radius 3 is 2.03 bits per heavy atom. The van der Waals surface area contributed by atoms with Crippen LogP contribution in [0.1, 0.15) is 58.1 Å². The van der Waals surface area contributed by atoms with Gasteiger partial charge in [-0.1, -0.05) is 45.0 Å². The Labute approximate surface area is 215 Å². The maximum absolute atomic E-state index is 13.6. The van der Waals surface area contributed by atoms with Gasteiger partial charge in [-0.3, -0.25) is 13.9 Å². The number of benzene rings is 2. The average Bonchev–Trinajstić information content (AvgIpc) is 2.84. The molecule has 0 saturated heterocycles. The number of carbonyl (C=O) groups is 2. The first-order chi connectivity index (χ1) is 16.9. The highest BCUT2D eigenvalue weighted by Crippen LogP contribution is 2.23. The Morgan fingerprint density at radius 1 is 0.972 bits per heavy atom. The van der Waals surface area contributed by atoms with Crippen molar-refractivity contribution in [2.24, 2.45) is 0 Å². The van der Waals surface area contributed by atoms with E-state index in [4.69, 9.17) is 4.74 Å². The Balaban J connectivity index is 2.38. The van der Waals surface area contributed by atoms with Crippen LogP contribution in [0.25, 0.3) is 0 Å². The zero-order valence-corrected chi connectivity index (χ0v) is 23.1. The van der Waals surface area contributed by atoms with Gasteiger partial charge in [-0.25, -0.2) is 8.42 Å². The minimum Gasteiger partial charge on any atom is -0.497 e. The third-order valence-corrected chi connectivity index (χ3v) is 7.35. The van der Waals surface area contributed by atoms with Crippen molar-refractivity contribution in [3.8, 4) is 5.75 Å². The van der Waals surface area contributed by atoms with Gasteiger partial charge in [0.15, 0.2) is 0 Å². The molecule has 2 amide bonds. The number of hydrogen-bond donors (Lipinski definition) is 1. The molecule has 2 atom stereocenters. The number of nitrogens with one attached hydrogen (secondary N) is 1. The van der Waals surface area contributed by atoms with E-state index >= 15 is 0 Å². The molecule has 8 nitrogen and oxygen atoms in total. The van der Waals surface area contributed by atoms with Crippen LogP contribution in [0.2, 0.25) is 0 Å². The lowest BCUT2D eigenvalue weighted by Crippen LogP contribution is -2.52. The van der Waals surface area contributed by atoms with Gasteiger partial charge in [0.1, 0.15) is 18.3 Å². The number of nitrogens with zero attached hydrogens (tertiary/aromatic N) is 2. The van der Waals surface area contributed by atoms with Crippen LogP contribution in [-0.2, 0) is 26.2 Å². The van der Waals surface area contributed by atoms with Gasteiger partial charge in [0.2, 0.25) is 21.8 Å². The molecular formula is C27H39N3O5S. The van der Waals surface area contributed by atoms with E-state index in [0.717, 1.165) is 28.1 Å². The molecule has 0 aliphatic heterocycles. The van der Waals surface area contributed by atoms with Gasteiger partial charge in [0, 0.05) is 12.6 Å². The number of ether oxygens (including phenoxy) is 1. The molecular weight excluding hydrogens is 478 g/mol. The molecule has 0 aliphatic rings. The predicted molar refractivity (Wildman–Crippen MR) is 144 cm³/mol. The molecule has 2 aromatic rings. The van der Waals surface area contributed by atoms with Gasteiger partial charge in [0.25, 0.3) is 0 Å². The van der Waals surface area contributed by atoms with Crippen molar-refractivity contribution in [3.63, 3.8) is 0 Å². The number of methoxy groups -OCH3 is 1. The fraction of sp³-hybridized carbons (Fsp3) is 0.481.